The highest BCUT2D eigenvalue weighted by Crippen LogP contribution is 2.21. The third-order valence-electron chi connectivity index (χ3n) is 3.63. The molecule has 0 aromatic heterocycles. The number of hydrogen-bond donors (Lipinski definition) is 2. The molecule has 0 rings (SSSR count). The molecular formula is C16H35NO. The SMILES string of the molecule is CCCCCCCCCNC(CCO)C(C)(C)C. The Morgan fingerprint density at radius 1 is 0.944 bits per heavy atom. The van der Waals surface area contributed by atoms with Gasteiger partial charge in [0, 0.05) is 12.6 Å². The standard InChI is InChI=1S/C16H35NO/c1-5-6-7-8-9-10-11-13-17-15(12-14-18)16(2,3)4/h15,17-18H,5-14H2,1-4H3. The van der Waals surface area contributed by atoms with Crippen LogP contribution in [0.5, 0.6) is 0 Å². The monoisotopic (exact) mass is 257 g/mol. The molecule has 0 saturated heterocycles. The van der Waals surface area contributed by atoms with Gasteiger partial charge in [0.05, 0.1) is 0 Å². The van der Waals surface area contributed by atoms with Crippen LogP contribution in [-0.2, 0) is 0 Å². The minimum absolute atomic E-state index is 0.240. The largest absolute Gasteiger partial charge is 0.396 e. The minimum Gasteiger partial charge on any atom is -0.396 e. The summed E-state index contributed by atoms with van der Waals surface area (Å²) >= 11 is 0. The lowest BCUT2D eigenvalue weighted by Crippen LogP contribution is -2.41. The lowest BCUT2D eigenvalue weighted by atomic mass is 9.85. The Kier molecular flexibility index (Phi) is 10.8. The summed E-state index contributed by atoms with van der Waals surface area (Å²) in [6.07, 6.45) is 10.4. The van der Waals surface area contributed by atoms with Gasteiger partial charge >= 0.3 is 0 Å². The highest BCUT2D eigenvalue weighted by Gasteiger charge is 2.22. The van der Waals surface area contributed by atoms with Gasteiger partial charge in [0.25, 0.3) is 0 Å². The van der Waals surface area contributed by atoms with E-state index in [1.54, 1.807) is 0 Å². The van der Waals surface area contributed by atoms with Gasteiger partial charge < -0.3 is 10.4 Å². The Labute approximate surface area is 115 Å². The van der Waals surface area contributed by atoms with E-state index in [0.29, 0.717) is 6.04 Å². The zero-order chi connectivity index (χ0) is 13.9. The summed E-state index contributed by atoms with van der Waals surface area (Å²) in [6.45, 7) is 10.4. The number of aliphatic hydroxyl groups is 1. The predicted octanol–water partition coefficient (Wildman–Crippen LogP) is 4.12. The number of unbranched alkanes of at least 4 members (excludes halogenated alkanes) is 6. The summed E-state index contributed by atoms with van der Waals surface area (Å²) < 4.78 is 0. The zero-order valence-corrected chi connectivity index (χ0v) is 13.1. The molecule has 0 saturated carbocycles. The van der Waals surface area contributed by atoms with Crippen molar-refractivity contribution in [3.8, 4) is 0 Å². The van der Waals surface area contributed by atoms with Gasteiger partial charge in [0.1, 0.15) is 0 Å². The van der Waals surface area contributed by atoms with Crippen LogP contribution in [-0.4, -0.2) is 24.3 Å². The fraction of sp³-hybridized carbons (Fsp3) is 1.00. The van der Waals surface area contributed by atoms with Crippen molar-refractivity contribution in [2.24, 2.45) is 5.41 Å². The van der Waals surface area contributed by atoms with Crippen molar-refractivity contribution in [1.82, 2.24) is 5.32 Å². The van der Waals surface area contributed by atoms with Gasteiger partial charge in [-0.25, -0.2) is 0 Å². The van der Waals surface area contributed by atoms with Gasteiger partial charge in [0.15, 0.2) is 0 Å². The Bertz CT molecular complexity index is 174. The fourth-order valence-corrected chi connectivity index (χ4v) is 2.33. The summed E-state index contributed by atoms with van der Waals surface area (Å²) in [4.78, 5) is 0. The van der Waals surface area contributed by atoms with Crippen molar-refractivity contribution in [2.75, 3.05) is 13.2 Å². The highest BCUT2D eigenvalue weighted by atomic mass is 16.3. The molecule has 0 fully saturated rings. The molecule has 0 radical (unpaired) electrons. The van der Waals surface area contributed by atoms with Crippen LogP contribution in [0.25, 0.3) is 0 Å². The first-order chi connectivity index (χ1) is 8.52. The summed E-state index contributed by atoms with van der Waals surface area (Å²) in [5, 5.41) is 12.7. The molecule has 110 valence electrons. The third kappa shape index (κ3) is 9.90. The van der Waals surface area contributed by atoms with Gasteiger partial charge in [-0.1, -0.05) is 66.2 Å². The van der Waals surface area contributed by atoms with Gasteiger partial charge in [-0.05, 0) is 24.8 Å². The third-order valence-corrected chi connectivity index (χ3v) is 3.63. The Balaban J connectivity index is 3.50. The molecule has 1 unspecified atom stereocenters. The maximum absolute atomic E-state index is 9.08. The van der Waals surface area contributed by atoms with Gasteiger partial charge in [0.2, 0.25) is 0 Å². The smallest absolute Gasteiger partial charge is 0.0446 e. The Morgan fingerprint density at radius 2 is 1.50 bits per heavy atom. The van der Waals surface area contributed by atoms with Crippen molar-refractivity contribution in [1.29, 1.82) is 0 Å². The topological polar surface area (TPSA) is 32.3 Å². The number of nitrogens with one attached hydrogen (secondary N) is 1. The Hall–Kier alpha value is -0.0800. The lowest BCUT2D eigenvalue weighted by molar-refractivity contribution is 0.197. The molecule has 0 aliphatic heterocycles. The van der Waals surface area contributed by atoms with Crippen molar-refractivity contribution in [3.05, 3.63) is 0 Å². The molecule has 2 heteroatoms. The van der Waals surface area contributed by atoms with E-state index in [-0.39, 0.29) is 12.0 Å². The zero-order valence-electron chi connectivity index (χ0n) is 13.1. The van der Waals surface area contributed by atoms with E-state index in [1.165, 1.54) is 44.9 Å². The van der Waals surface area contributed by atoms with Crippen LogP contribution in [0.1, 0.15) is 79.1 Å². The van der Waals surface area contributed by atoms with Crippen molar-refractivity contribution >= 4 is 0 Å². The first-order valence-electron chi connectivity index (χ1n) is 7.86. The number of hydrogen-bond acceptors (Lipinski definition) is 2. The number of rotatable bonds is 11. The summed E-state index contributed by atoms with van der Waals surface area (Å²) in [6, 6.07) is 0.433. The molecule has 0 heterocycles. The van der Waals surface area contributed by atoms with E-state index in [2.05, 4.69) is 33.0 Å². The van der Waals surface area contributed by atoms with E-state index in [1.807, 2.05) is 0 Å². The molecule has 0 amide bonds. The maximum atomic E-state index is 9.08. The van der Waals surface area contributed by atoms with Crippen LogP contribution >= 0.6 is 0 Å². The predicted molar refractivity (Wildman–Crippen MR) is 80.9 cm³/mol. The molecule has 0 aliphatic rings. The van der Waals surface area contributed by atoms with Crippen molar-refractivity contribution < 1.29 is 5.11 Å². The second kappa shape index (κ2) is 10.8. The minimum atomic E-state index is 0.240. The molecule has 2 N–H and O–H groups in total. The second-order valence-electron chi connectivity index (χ2n) is 6.51. The van der Waals surface area contributed by atoms with Crippen LogP contribution in [0.2, 0.25) is 0 Å². The summed E-state index contributed by atoms with van der Waals surface area (Å²) in [7, 11) is 0. The van der Waals surface area contributed by atoms with Gasteiger partial charge in [-0.15, -0.1) is 0 Å². The Morgan fingerprint density at radius 3 is 2.00 bits per heavy atom. The van der Waals surface area contributed by atoms with E-state index in [0.717, 1.165) is 13.0 Å². The van der Waals surface area contributed by atoms with Crippen LogP contribution in [0, 0.1) is 5.41 Å². The fourth-order valence-electron chi connectivity index (χ4n) is 2.33. The van der Waals surface area contributed by atoms with E-state index in [4.69, 9.17) is 5.11 Å². The van der Waals surface area contributed by atoms with Crippen LogP contribution in [0.3, 0.4) is 0 Å². The normalized spacial score (nSPS) is 13.8. The van der Waals surface area contributed by atoms with Gasteiger partial charge in [-0.2, -0.15) is 0 Å². The summed E-state index contributed by atoms with van der Waals surface area (Å²) in [5.41, 5.74) is 0.240. The average molecular weight is 257 g/mol. The summed E-state index contributed by atoms with van der Waals surface area (Å²) in [5.74, 6) is 0. The van der Waals surface area contributed by atoms with Gasteiger partial charge in [-0.3, -0.25) is 0 Å². The molecule has 1 atom stereocenters. The van der Waals surface area contributed by atoms with E-state index in [9.17, 15) is 0 Å². The van der Waals surface area contributed by atoms with E-state index < -0.39 is 0 Å². The van der Waals surface area contributed by atoms with E-state index >= 15 is 0 Å². The molecule has 0 bridgehead atoms. The molecule has 18 heavy (non-hydrogen) atoms. The van der Waals surface area contributed by atoms with Crippen molar-refractivity contribution in [2.45, 2.75) is 85.1 Å². The molecule has 2 nitrogen and oxygen atoms in total. The quantitative estimate of drug-likeness (QED) is 0.546. The second-order valence-corrected chi connectivity index (χ2v) is 6.51. The molecule has 0 spiro atoms. The van der Waals surface area contributed by atoms with Crippen LogP contribution < -0.4 is 5.32 Å². The number of aliphatic hydroxyl groups excluding tert-OH is 1. The first kappa shape index (κ1) is 17.9. The van der Waals surface area contributed by atoms with Crippen molar-refractivity contribution in [3.63, 3.8) is 0 Å². The van der Waals surface area contributed by atoms with Crippen LogP contribution in [0.4, 0.5) is 0 Å². The van der Waals surface area contributed by atoms with Crippen LogP contribution in [0.15, 0.2) is 0 Å². The highest BCUT2D eigenvalue weighted by molar-refractivity contribution is 4.79. The lowest BCUT2D eigenvalue weighted by Gasteiger charge is -2.31. The first-order valence-corrected chi connectivity index (χ1v) is 7.86. The molecular weight excluding hydrogens is 222 g/mol. The molecule has 0 aromatic rings. The average Bonchev–Trinajstić information content (AvgIpc) is 2.30. The molecule has 0 aliphatic carbocycles. The molecule has 0 aromatic carbocycles. The maximum Gasteiger partial charge on any atom is 0.0446 e.